The Bertz CT molecular complexity index is 494. The maximum atomic E-state index is 9.04. The van der Waals surface area contributed by atoms with Crippen molar-refractivity contribution >= 4 is 17.3 Å². The molecular weight excluding hydrogens is 224 g/mol. The largest absolute Gasteiger partial charge is 0.410 e. The Morgan fingerprint density at radius 3 is 2.12 bits per heavy atom. The fourth-order valence-electron chi connectivity index (χ4n) is 1.40. The van der Waals surface area contributed by atoms with E-state index in [1.54, 1.807) is 48.8 Å². The lowest BCUT2D eigenvalue weighted by Crippen LogP contribution is -2.02. The molecule has 16 heavy (non-hydrogen) atoms. The van der Waals surface area contributed by atoms with Gasteiger partial charge >= 0.3 is 0 Å². The number of pyridine rings is 1. The van der Waals surface area contributed by atoms with Gasteiger partial charge in [-0.25, -0.2) is 0 Å². The van der Waals surface area contributed by atoms with Gasteiger partial charge in [-0.15, -0.1) is 0 Å². The van der Waals surface area contributed by atoms with E-state index in [0.29, 0.717) is 10.7 Å². The molecule has 1 aromatic heterocycles. The number of aromatic nitrogens is 1. The number of benzene rings is 1. The van der Waals surface area contributed by atoms with Gasteiger partial charge in [0.2, 0.25) is 0 Å². The lowest BCUT2D eigenvalue weighted by Gasteiger charge is -2.04. The summed E-state index contributed by atoms with van der Waals surface area (Å²) in [6, 6.07) is 10.7. The third kappa shape index (κ3) is 2.20. The molecule has 0 fully saturated rings. The molecule has 0 atom stereocenters. The second kappa shape index (κ2) is 4.77. The van der Waals surface area contributed by atoms with Crippen molar-refractivity contribution in [3.63, 3.8) is 0 Å². The first kappa shape index (κ1) is 10.6. The smallest absolute Gasteiger partial charge is 0.117 e. The number of rotatable bonds is 2. The van der Waals surface area contributed by atoms with Crippen molar-refractivity contribution in [2.24, 2.45) is 5.16 Å². The van der Waals surface area contributed by atoms with Crippen LogP contribution in [0.1, 0.15) is 11.1 Å². The Morgan fingerprint density at radius 2 is 1.56 bits per heavy atom. The van der Waals surface area contributed by atoms with Gasteiger partial charge in [-0.05, 0) is 24.3 Å². The normalized spacial score (nSPS) is 11.4. The number of oxime groups is 1. The van der Waals surface area contributed by atoms with Crippen molar-refractivity contribution in [3.8, 4) is 0 Å². The van der Waals surface area contributed by atoms with Gasteiger partial charge in [-0.2, -0.15) is 0 Å². The van der Waals surface area contributed by atoms with E-state index in [4.69, 9.17) is 16.8 Å². The molecule has 80 valence electrons. The van der Waals surface area contributed by atoms with E-state index in [9.17, 15) is 0 Å². The number of hydrogen-bond donors (Lipinski definition) is 1. The molecule has 3 nitrogen and oxygen atoms in total. The molecule has 1 N–H and O–H groups in total. The minimum absolute atomic E-state index is 0.499. The maximum absolute atomic E-state index is 9.04. The Kier molecular flexibility index (Phi) is 3.17. The predicted molar refractivity (Wildman–Crippen MR) is 63.1 cm³/mol. The van der Waals surface area contributed by atoms with Crippen LogP contribution in [0.5, 0.6) is 0 Å². The van der Waals surface area contributed by atoms with Gasteiger partial charge in [0.15, 0.2) is 0 Å². The number of nitrogens with zero attached hydrogens (tertiary/aromatic N) is 2. The third-order valence-corrected chi connectivity index (χ3v) is 2.42. The van der Waals surface area contributed by atoms with E-state index in [2.05, 4.69) is 10.1 Å². The second-order valence-electron chi connectivity index (χ2n) is 3.19. The van der Waals surface area contributed by atoms with Crippen molar-refractivity contribution in [1.29, 1.82) is 0 Å². The number of halogens is 1. The molecule has 2 aromatic rings. The second-order valence-corrected chi connectivity index (χ2v) is 3.63. The van der Waals surface area contributed by atoms with Crippen LogP contribution in [0.2, 0.25) is 5.02 Å². The fraction of sp³-hybridized carbons (Fsp3) is 0. The zero-order valence-corrected chi connectivity index (χ0v) is 9.09. The van der Waals surface area contributed by atoms with Crippen LogP contribution < -0.4 is 0 Å². The van der Waals surface area contributed by atoms with E-state index in [0.717, 1.165) is 11.1 Å². The molecule has 0 aliphatic heterocycles. The fourth-order valence-corrected chi connectivity index (χ4v) is 1.53. The first-order chi connectivity index (χ1) is 7.81. The molecule has 0 spiro atoms. The molecule has 1 aromatic carbocycles. The summed E-state index contributed by atoms with van der Waals surface area (Å²) in [5.74, 6) is 0. The molecule has 0 unspecified atom stereocenters. The summed E-state index contributed by atoms with van der Waals surface area (Å²) in [7, 11) is 0. The molecule has 0 bridgehead atoms. The van der Waals surface area contributed by atoms with Gasteiger partial charge < -0.3 is 5.21 Å². The van der Waals surface area contributed by atoms with Crippen LogP contribution in [-0.4, -0.2) is 15.9 Å². The quantitative estimate of drug-likeness (QED) is 0.492. The van der Waals surface area contributed by atoms with Crippen LogP contribution in [0.15, 0.2) is 53.9 Å². The Balaban J connectivity index is 2.42. The molecule has 0 radical (unpaired) electrons. The van der Waals surface area contributed by atoms with Gasteiger partial charge in [0.25, 0.3) is 0 Å². The van der Waals surface area contributed by atoms with Gasteiger partial charge in [0.1, 0.15) is 5.71 Å². The zero-order chi connectivity index (χ0) is 11.4. The van der Waals surface area contributed by atoms with Crippen LogP contribution in [0.4, 0.5) is 0 Å². The van der Waals surface area contributed by atoms with Gasteiger partial charge in [0, 0.05) is 28.5 Å². The highest BCUT2D eigenvalue weighted by atomic mass is 35.5. The van der Waals surface area contributed by atoms with Crippen LogP contribution in [-0.2, 0) is 0 Å². The molecule has 0 aliphatic carbocycles. The van der Waals surface area contributed by atoms with Gasteiger partial charge in [0.05, 0.1) is 0 Å². The summed E-state index contributed by atoms with van der Waals surface area (Å²) >= 11 is 5.79. The highest BCUT2D eigenvalue weighted by Gasteiger charge is 2.06. The molecule has 0 amide bonds. The molecule has 0 saturated carbocycles. The van der Waals surface area contributed by atoms with E-state index < -0.39 is 0 Å². The van der Waals surface area contributed by atoms with Crippen LogP contribution in [0, 0.1) is 0 Å². The van der Waals surface area contributed by atoms with E-state index >= 15 is 0 Å². The van der Waals surface area contributed by atoms with Gasteiger partial charge in [-0.3, -0.25) is 4.98 Å². The summed E-state index contributed by atoms with van der Waals surface area (Å²) in [5, 5.41) is 13.0. The summed E-state index contributed by atoms with van der Waals surface area (Å²) in [4.78, 5) is 3.91. The Morgan fingerprint density at radius 1 is 1.00 bits per heavy atom. The molecule has 0 saturated heterocycles. The van der Waals surface area contributed by atoms with Crippen LogP contribution in [0.3, 0.4) is 0 Å². The minimum atomic E-state index is 0.499. The summed E-state index contributed by atoms with van der Waals surface area (Å²) < 4.78 is 0. The monoisotopic (exact) mass is 232 g/mol. The molecular formula is C12H9ClN2O. The summed E-state index contributed by atoms with van der Waals surface area (Å²) in [5.41, 5.74) is 2.11. The highest BCUT2D eigenvalue weighted by Crippen LogP contribution is 2.14. The molecule has 2 rings (SSSR count). The van der Waals surface area contributed by atoms with Crippen LogP contribution in [0.25, 0.3) is 0 Å². The van der Waals surface area contributed by atoms with Crippen molar-refractivity contribution in [2.45, 2.75) is 0 Å². The summed E-state index contributed by atoms with van der Waals surface area (Å²) in [6.07, 6.45) is 3.30. The van der Waals surface area contributed by atoms with Crippen molar-refractivity contribution in [2.75, 3.05) is 0 Å². The van der Waals surface area contributed by atoms with Crippen molar-refractivity contribution < 1.29 is 5.21 Å². The lowest BCUT2D eigenvalue weighted by molar-refractivity contribution is 0.319. The Labute approximate surface area is 98.0 Å². The molecule has 4 heteroatoms. The average Bonchev–Trinajstić information content (AvgIpc) is 2.34. The highest BCUT2D eigenvalue weighted by molar-refractivity contribution is 6.30. The first-order valence-electron chi connectivity index (χ1n) is 4.69. The minimum Gasteiger partial charge on any atom is -0.410 e. The van der Waals surface area contributed by atoms with Crippen LogP contribution >= 0.6 is 11.6 Å². The Hall–Kier alpha value is -1.87. The van der Waals surface area contributed by atoms with Crippen molar-refractivity contribution in [1.82, 2.24) is 4.98 Å². The van der Waals surface area contributed by atoms with E-state index in [-0.39, 0.29) is 0 Å². The zero-order valence-electron chi connectivity index (χ0n) is 8.34. The number of hydrogen-bond acceptors (Lipinski definition) is 3. The first-order valence-corrected chi connectivity index (χ1v) is 5.07. The molecule has 1 heterocycles. The topological polar surface area (TPSA) is 45.5 Å². The third-order valence-electron chi connectivity index (χ3n) is 2.17. The molecule has 0 aliphatic rings. The van der Waals surface area contributed by atoms with Gasteiger partial charge in [-0.1, -0.05) is 28.9 Å². The van der Waals surface area contributed by atoms with Crippen molar-refractivity contribution in [3.05, 3.63) is 64.9 Å². The lowest BCUT2D eigenvalue weighted by atomic mass is 10.0. The predicted octanol–water partition coefficient (Wildman–Crippen LogP) is 2.96. The van der Waals surface area contributed by atoms with E-state index in [1.807, 2.05) is 0 Å². The standard InChI is InChI=1S/C12H9ClN2O/c13-11-3-1-9(2-4-11)12(15-16)10-5-7-14-8-6-10/h1-8,16H/b15-12+. The SMILES string of the molecule is O/N=C(/c1ccncc1)c1ccc(Cl)cc1. The average molecular weight is 233 g/mol. The van der Waals surface area contributed by atoms with E-state index in [1.165, 1.54) is 0 Å². The maximum Gasteiger partial charge on any atom is 0.117 e. The summed E-state index contributed by atoms with van der Waals surface area (Å²) in [6.45, 7) is 0.